The van der Waals surface area contributed by atoms with Crippen LogP contribution >= 0.6 is 0 Å². The van der Waals surface area contributed by atoms with Crippen LogP contribution in [0.4, 0.5) is 0 Å². The first kappa shape index (κ1) is 18.6. The van der Waals surface area contributed by atoms with Gasteiger partial charge in [0.2, 0.25) is 0 Å². The second-order valence-corrected chi connectivity index (χ2v) is 6.66. The molecular formula is C23H25N3O. The van der Waals surface area contributed by atoms with Crippen LogP contribution in [0.25, 0.3) is 5.69 Å². The predicted octanol–water partition coefficient (Wildman–Crippen LogP) is 4.73. The van der Waals surface area contributed by atoms with Crippen LogP contribution in [-0.4, -0.2) is 16.7 Å². The van der Waals surface area contributed by atoms with Gasteiger partial charge in [-0.3, -0.25) is 4.79 Å². The number of aromatic nitrogens is 1. The number of nitrogens with one attached hydrogen (secondary N) is 1. The largest absolute Gasteiger partial charge is 0.317 e. The monoisotopic (exact) mass is 359 g/mol. The summed E-state index contributed by atoms with van der Waals surface area (Å²) in [5.41, 5.74) is 10.2. The molecule has 0 unspecified atom stereocenters. The maximum absolute atomic E-state index is 12.1. The molecular weight excluding hydrogens is 334 g/mol. The van der Waals surface area contributed by atoms with Crippen molar-refractivity contribution >= 4 is 12.1 Å². The number of hydrogen-bond donors (Lipinski definition) is 1. The molecule has 2 aromatic carbocycles. The standard InChI is InChI=1S/C23H25N3O/c1-5-19-13-9-10-16(2)22(19)26-17(3)14-21(18(26)4)15-24-25-23(27)20-11-7-6-8-12-20/h6-15H,5H2,1-4H3,(H,25,27)/b24-15-. The van der Waals surface area contributed by atoms with Crippen LogP contribution in [0, 0.1) is 20.8 Å². The van der Waals surface area contributed by atoms with Crippen LogP contribution in [0.3, 0.4) is 0 Å². The average molecular weight is 359 g/mol. The summed E-state index contributed by atoms with van der Waals surface area (Å²) < 4.78 is 2.27. The van der Waals surface area contributed by atoms with E-state index in [1.807, 2.05) is 18.2 Å². The van der Waals surface area contributed by atoms with E-state index in [0.717, 1.165) is 23.4 Å². The number of carbonyl (C=O) groups excluding carboxylic acids is 1. The van der Waals surface area contributed by atoms with Crippen molar-refractivity contribution in [3.05, 3.63) is 88.2 Å². The number of nitrogens with zero attached hydrogens (tertiary/aromatic N) is 2. The molecule has 1 amide bonds. The second-order valence-electron chi connectivity index (χ2n) is 6.66. The van der Waals surface area contributed by atoms with Gasteiger partial charge in [0.15, 0.2) is 0 Å². The van der Waals surface area contributed by atoms with Gasteiger partial charge in [-0.2, -0.15) is 5.10 Å². The van der Waals surface area contributed by atoms with Gasteiger partial charge < -0.3 is 4.57 Å². The fourth-order valence-electron chi connectivity index (χ4n) is 3.40. The molecule has 1 heterocycles. The Balaban J connectivity index is 1.88. The Hall–Kier alpha value is -3.14. The second kappa shape index (κ2) is 8.04. The molecule has 27 heavy (non-hydrogen) atoms. The zero-order valence-electron chi connectivity index (χ0n) is 16.3. The van der Waals surface area contributed by atoms with Gasteiger partial charge in [-0.25, -0.2) is 5.43 Å². The molecule has 4 nitrogen and oxygen atoms in total. The minimum absolute atomic E-state index is 0.215. The van der Waals surface area contributed by atoms with E-state index in [4.69, 9.17) is 0 Å². The maximum Gasteiger partial charge on any atom is 0.271 e. The third kappa shape index (κ3) is 3.85. The first-order valence-electron chi connectivity index (χ1n) is 9.19. The summed E-state index contributed by atoms with van der Waals surface area (Å²) in [6, 6.07) is 17.6. The molecule has 1 N–H and O–H groups in total. The molecule has 0 aliphatic heterocycles. The highest BCUT2D eigenvalue weighted by Crippen LogP contribution is 2.26. The third-order valence-electron chi connectivity index (χ3n) is 4.80. The van der Waals surface area contributed by atoms with Crippen molar-refractivity contribution in [1.29, 1.82) is 0 Å². The lowest BCUT2D eigenvalue weighted by atomic mass is 10.1. The molecule has 0 saturated carbocycles. The Morgan fingerprint density at radius 2 is 1.81 bits per heavy atom. The van der Waals surface area contributed by atoms with Gasteiger partial charge >= 0.3 is 0 Å². The summed E-state index contributed by atoms with van der Waals surface area (Å²) in [4.78, 5) is 12.1. The van der Waals surface area contributed by atoms with Crippen LogP contribution in [0.5, 0.6) is 0 Å². The van der Waals surface area contributed by atoms with Gasteiger partial charge in [0.1, 0.15) is 0 Å². The molecule has 0 fully saturated rings. The summed E-state index contributed by atoms with van der Waals surface area (Å²) in [5, 5.41) is 4.15. The lowest BCUT2D eigenvalue weighted by Gasteiger charge is -2.17. The molecule has 3 aromatic rings. The van der Waals surface area contributed by atoms with Crippen LogP contribution in [0.1, 0.15) is 45.4 Å². The fraction of sp³-hybridized carbons (Fsp3) is 0.217. The molecule has 0 spiro atoms. The van der Waals surface area contributed by atoms with Gasteiger partial charge in [-0.1, -0.05) is 43.3 Å². The first-order chi connectivity index (χ1) is 13.0. The van der Waals surface area contributed by atoms with E-state index >= 15 is 0 Å². The van der Waals surface area contributed by atoms with E-state index < -0.39 is 0 Å². The fourth-order valence-corrected chi connectivity index (χ4v) is 3.40. The van der Waals surface area contributed by atoms with Gasteiger partial charge in [0.05, 0.1) is 11.9 Å². The van der Waals surface area contributed by atoms with E-state index in [1.165, 1.54) is 16.8 Å². The number of hydrogen-bond acceptors (Lipinski definition) is 2. The van der Waals surface area contributed by atoms with Crippen molar-refractivity contribution < 1.29 is 4.79 Å². The summed E-state index contributed by atoms with van der Waals surface area (Å²) >= 11 is 0. The van der Waals surface area contributed by atoms with Gasteiger partial charge in [0.25, 0.3) is 5.91 Å². The molecule has 0 atom stereocenters. The summed E-state index contributed by atoms with van der Waals surface area (Å²) in [6.45, 7) is 8.49. The smallest absolute Gasteiger partial charge is 0.271 e. The highest BCUT2D eigenvalue weighted by molar-refractivity contribution is 5.94. The molecule has 1 aromatic heterocycles. The number of hydrazone groups is 1. The highest BCUT2D eigenvalue weighted by Gasteiger charge is 2.14. The van der Waals surface area contributed by atoms with E-state index in [0.29, 0.717) is 5.56 Å². The molecule has 138 valence electrons. The number of carbonyl (C=O) groups is 1. The normalized spacial score (nSPS) is 11.1. The van der Waals surface area contributed by atoms with Crippen molar-refractivity contribution in [2.24, 2.45) is 5.10 Å². The van der Waals surface area contributed by atoms with Crippen molar-refractivity contribution in [2.45, 2.75) is 34.1 Å². The highest BCUT2D eigenvalue weighted by atomic mass is 16.2. The topological polar surface area (TPSA) is 46.4 Å². The Labute approximate surface area is 160 Å². The summed E-state index contributed by atoms with van der Waals surface area (Å²) in [6.07, 6.45) is 2.69. The Bertz CT molecular complexity index is 984. The number of aryl methyl sites for hydroxylation is 3. The van der Waals surface area contributed by atoms with Crippen LogP contribution in [-0.2, 0) is 6.42 Å². The van der Waals surface area contributed by atoms with E-state index in [1.54, 1.807) is 18.3 Å². The predicted molar refractivity (Wildman–Crippen MR) is 111 cm³/mol. The molecule has 0 aliphatic carbocycles. The Morgan fingerprint density at radius 1 is 1.07 bits per heavy atom. The summed E-state index contributed by atoms with van der Waals surface area (Å²) in [5.74, 6) is -0.215. The molecule has 4 heteroatoms. The quantitative estimate of drug-likeness (QED) is 0.519. The molecule has 0 aliphatic rings. The first-order valence-corrected chi connectivity index (χ1v) is 9.19. The summed E-state index contributed by atoms with van der Waals surface area (Å²) in [7, 11) is 0. The molecule has 3 rings (SSSR count). The average Bonchev–Trinajstić information content (AvgIpc) is 2.95. The van der Waals surface area contributed by atoms with Crippen LogP contribution < -0.4 is 5.43 Å². The van der Waals surface area contributed by atoms with E-state index in [-0.39, 0.29) is 5.91 Å². The Kier molecular flexibility index (Phi) is 5.55. The molecule has 0 bridgehead atoms. The number of amides is 1. The van der Waals surface area contributed by atoms with Gasteiger partial charge in [-0.05, 0) is 56.5 Å². The van der Waals surface area contributed by atoms with E-state index in [9.17, 15) is 4.79 Å². The van der Waals surface area contributed by atoms with Crippen LogP contribution in [0.2, 0.25) is 0 Å². The number of benzene rings is 2. The minimum atomic E-state index is -0.215. The van der Waals surface area contributed by atoms with E-state index in [2.05, 4.69) is 67.1 Å². The van der Waals surface area contributed by atoms with Crippen molar-refractivity contribution in [1.82, 2.24) is 9.99 Å². The zero-order valence-corrected chi connectivity index (χ0v) is 16.3. The number of para-hydroxylation sites is 1. The van der Waals surface area contributed by atoms with Crippen molar-refractivity contribution in [2.75, 3.05) is 0 Å². The third-order valence-corrected chi connectivity index (χ3v) is 4.80. The lowest BCUT2D eigenvalue weighted by molar-refractivity contribution is 0.0955. The molecule has 0 saturated heterocycles. The Morgan fingerprint density at radius 3 is 2.52 bits per heavy atom. The minimum Gasteiger partial charge on any atom is -0.317 e. The van der Waals surface area contributed by atoms with Crippen molar-refractivity contribution in [3.63, 3.8) is 0 Å². The number of rotatable bonds is 5. The SMILES string of the molecule is CCc1cccc(C)c1-n1c(C)cc(/C=N\NC(=O)c2ccccc2)c1C. The van der Waals surface area contributed by atoms with Crippen molar-refractivity contribution in [3.8, 4) is 5.69 Å². The van der Waals surface area contributed by atoms with Gasteiger partial charge in [-0.15, -0.1) is 0 Å². The zero-order chi connectivity index (χ0) is 19.4. The maximum atomic E-state index is 12.1. The molecule has 0 radical (unpaired) electrons. The van der Waals surface area contributed by atoms with Crippen LogP contribution in [0.15, 0.2) is 59.7 Å². The van der Waals surface area contributed by atoms with Gasteiger partial charge in [0, 0.05) is 22.5 Å². The lowest BCUT2D eigenvalue weighted by Crippen LogP contribution is -2.17.